The molecule has 9 heteroatoms. The number of aliphatic carboxylic acids is 1. The summed E-state index contributed by atoms with van der Waals surface area (Å²) in [5.41, 5.74) is 0. The van der Waals surface area contributed by atoms with Crippen LogP contribution in [0.2, 0.25) is 0 Å². The Morgan fingerprint density at radius 1 is 1.29 bits per heavy atom. The maximum Gasteiger partial charge on any atom is 0.320 e. The molecule has 0 rings (SSSR count). The molecule has 0 aromatic rings. The Morgan fingerprint density at radius 3 is 2.14 bits per heavy atom. The van der Waals surface area contributed by atoms with Crippen LogP contribution < -0.4 is 4.72 Å². The number of nitrogens with one attached hydrogen (secondary N) is 1. The van der Waals surface area contributed by atoms with Crippen molar-refractivity contribution in [2.45, 2.75) is 0 Å². The van der Waals surface area contributed by atoms with Crippen molar-refractivity contribution in [3.8, 4) is 0 Å². The minimum atomic E-state index is -3.92. The van der Waals surface area contributed by atoms with Crippen LogP contribution in [0.4, 0.5) is 0 Å². The topological polar surface area (TPSA) is 118 Å². The third-order valence-corrected chi connectivity index (χ3v) is 3.32. The van der Waals surface area contributed by atoms with Crippen LogP contribution in [0.5, 0.6) is 0 Å². The second-order valence-electron chi connectivity index (χ2n) is 2.68. The molecule has 14 heavy (non-hydrogen) atoms. The second-order valence-corrected chi connectivity index (χ2v) is 6.74. The summed E-state index contributed by atoms with van der Waals surface area (Å²) in [6.45, 7) is -0.311. The molecular formula is C5H11NO6S2. The molecule has 7 nitrogen and oxygen atoms in total. The summed E-state index contributed by atoms with van der Waals surface area (Å²) < 4.78 is 44.7. The van der Waals surface area contributed by atoms with Crippen LogP contribution >= 0.6 is 0 Å². The molecule has 0 aliphatic rings. The van der Waals surface area contributed by atoms with Crippen LogP contribution in [-0.4, -0.2) is 52.2 Å². The predicted molar refractivity (Wildman–Crippen MR) is 49.1 cm³/mol. The quantitative estimate of drug-likeness (QED) is 0.560. The molecule has 0 fully saturated rings. The van der Waals surface area contributed by atoms with E-state index in [2.05, 4.69) is 0 Å². The smallest absolute Gasteiger partial charge is 0.320 e. The van der Waals surface area contributed by atoms with Crippen LogP contribution in [0.15, 0.2) is 0 Å². The van der Waals surface area contributed by atoms with Crippen LogP contribution in [0.25, 0.3) is 0 Å². The van der Waals surface area contributed by atoms with Gasteiger partial charge in [-0.05, 0) is 0 Å². The van der Waals surface area contributed by atoms with Gasteiger partial charge in [0.2, 0.25) is 10.0 Å². The Kier molecular flexibility index (Phi) is 4.49. The van der Waals surface area contributed by atoms with Gasteiger partial charge >= 0.3 is 5.97 Å². The van der Waals surface area contributed by atoms with Crippen LogP contribution in [0.1, 0.15) is 0 Å². The van der Waals surface area contributed by atoms with Crippen LogP contribution in [0.3, 0.4) is 0 Å². The number of carbonyl (C=O) groups is 1. The van der Waals surface area contributed by atoms with Gasteiger partial charge in [-0.25, -0.2) is 21.6 Å². The van der Waals surface area contributed by atoms with Crippen molar-refractivity contribution < 1.29 is 26.7 Å². The maximum absolute atomic E-state index is 10.8. The van der Waals surface area contributed by atoms with Gasteiger partial charge in [-0.2, -0.15) is 0 Å². The molecule has 0 radical (unpaired) electrons. The zero-order valence-electron chi connectivity index (χ0n) is 7.43. The average molecular weight is 245 g/mol. The Balaban J connectivity index is 4.08. The fraction of sp³-hybridized carbons (Fsp3) is 0.800. The molecule has 0 bridgehead atoms. The van der Waals surface area contributed by atoms with Gasteiger partial charge in [-0.1, -0.05) is 0 Å². The van der Waals surface area contributed by atoms with E-state index in [9.17, 15) is 21.6 Å². The van der Waals surface area contributed by atoms with Crippen LogP contribution in [0, 0.1) is 0 Å². The van der Waals surface area contributed by atoms with E-state index >= 15 is 0 Å². The predicted octanol–water partition coefficient (Wildman–Crippen LogP) is -1.96. The zero-order chi connectivity index (χ0) is 11.4. The first-order chi connectivity index (χ1) is 6.12. The molecule has 0 heterocycles. The molecule has 0 aromatic carbocycles. The Morgan fingerprint density at radius 2 is 1.79 bits per heavy atom. The number of sulfonamides is 1. The van der Waals surface area contributed by atoms with Crippen molar-refractivity contribution in [2.24, 2.45) is 0 Å². The highest BCUT2D eigenvalue weighted by molar-refractivity contribution is 7.91. The molecular weight excluding hydrogens is 234 g/mol. The van der Waals surface area contributed by atoms with Gasteiger partial charge in [-0.3, -0.25) is 4.79 Å². The Hall–Kier alpha value is -0.670. The van der Waals surface area contributed by atoms with Gasteiger partial charge in [0.15, 0.2) is 5.75 Å². The van der Waals surface area contributed by atoms with Crippen molar-refractivity contribution in [3.63, 3.8) is 0 Å². The number of carboxylic acid groups (broad SMARTS) is 1. The van der Waals surface area contributed by atoms with Gasteiger partial charge in [-0.15, -0.1) is 0 Å². The monoisotopic (exact) mass is 245 g/mol. The highest BCUT2D eigenvalue weighted by Gasteiger charge is 2.15. The SMILES string of the molecule is CS(=O)(=O)CCNS(=O)(=O)CC(=O)O. The lowest BCUT2D eigenvalue weighted by atomic mass is 10.8. The third kappa shape index (κ3) is 7.95. The summed E-state index contributed by atoms with van der Waals surface area (Å²) >= 11 is 0. The van der Waals surface area contributed by atoms with Gasteiger partial charge in [0.1, 0.15) is 9.84 Å². The molecule has 0 spiro atoms. The van der Waals surface area contributed by atoms with E-state index in [1.165, 1.54) is 0 Å². The maximum atomic E-state index is 10.8. The van der Waals surface area contributed by atoms with Crippen molar-refractivity contribution in [3.05, 3.63) is 0 Å². The number of sulfone groups is 1. The number of hydrogen-bond acceptors (Lipinski definition) is 5. The Bertz CT molecular complexity index is 394. The molecule has 84 valence electrons. The lowest BCUT2D eigenvalue weighted by molar-refractivity contribution is -0.134. The number of hydrogen-bond donors (Lipinski definition) is 2. The summed E-state index contributed by atoms with van der Waals surface area (Å²) in [7, 11) is -7.17. The molecule has 0 saturated carbocycles. The minimum absolute atomic E-state index is 0.311. The van der Waals surface area contributed by atoms with Crippen molar-refractivity contribution in [1.29, 1.82) is 0 Å². The summed E-state index contributed by atoms with van der Waals surface area (Å²) in [5, 5.41) is 8.17. The molecule has 0 unspecified atom stereocenters. The summed E-state index contributed by atoms with van der Waals surface area (Å²) in [4.78, 5) is 10.0. The first kappa shape index (κ1) is 13.3. The van der Waals surface area contributed by atoms with Crippen LogP contribution in [-0.2, 0) is 24.7 Å². The molecule has 0 aliphatic carbocycles. The average Bonchev–Trinajstić information content (AvgIpc) is 1.78. The summed E-state index contributed by atoms with van der Waals surface area (Å²) in [6.07, 6.45) is 0.957. The van der Waals surface area contributed by atoms with Gasteiger partial charge in [0.25, 0.3) is 0 Å². The van der Waals surface area contributed by atoms with Crippen molar-refractivity contribution in [1.82, 2.24) is 4.72 Å². The molecule has 2 N–H and O–H groups in total. The highest BCUT2D eigenvalue weighted by Crippen LogP contribution is 1.86. The van der Waals surface area contributed by atoms with E-state index in [4.69, 9.17) is 5.11 Å². The van der Waals surface area contributed by atoms with E-state index in [1.54, 1.807) is 0 Å². The van der Waals surface area contributed by atoms with Gasteiger partial charge < -0.3 is 5.11 Å². The summed E-state index contributed by atoms with van der Waals surface area (Å²) in [5.74, 6) is -2.90. The third-order valence-electron chi connectivity index (χ3n) is 1.11. The molecule has 0 aliphatic heterocycles. The number of carboxylic acids is 1. The molecule has 0 aromatic heterocycles. The van der Waals surface area contributed by atoms with Gasteiger partial charge in [0, 0.05) is 12.8 Å². The fourth-order valence-corrected chi connectivity index (χ4v) is 2.04. The van der Waals surface area contributed by atoms with E-state index in [0.717, 1.165) is 6.26 Å². The fourth-order valence-electron chi connectivity index (χ4n) is 0.596. The van der Waals surface area contributed by atoms with Crippen molar-refractivity contribution in [2.75, 3.05) is 24.3 Å². The van der Waals surface area contributed by atoms with Crippen molar-refractivity contribution >= 4 is 25.8 Å². The minimum Gasteiger partial charge on any atom is -0.480 e. The van der Waals surface area contributed by atoms with E-state index in [0.29, 0.717) is 0 Å². The molecule has 0 atom stereocenters. The van der Waals surface area contributed by atoms with E-state index in [-0.39, 0.29) is 12.3 Å². The normalized spacial score (nSPS) is 12.6. The highest BCUT2D eigenvalue weighted by atomic mass is 32.2. The standard InChI is InChI=1S/C5H11NO6S2/c1-13(9,10)3-2-6-14(11,12)4-5(7)8/h6H,2-4H2,1H3,(H,7,8). The first-order valence-corrected chi connectivity index (χ1v) is 7.20. The molecule has 0 saturated heterocycles. The lowest BCUT2D eigenvalue weighted by Gasteiger charge is -2.02. The van der Waals surface area contributed by atoms with E-state index < -0.39 is 31.6 Å². The Labute approximate surface area is 82.1 Å². The largest absolute Gasteiger partial charge is 0.480 e. The summed E-state index contributed by atoms with van der Waals surface area (Å²) in [6, 6.07) is 0. The van der Waals surface area contributed by atoms with Gasteiger partial charge in [0.05, 0.1) is 5.75 Å². The zero-order valence-corrected chi connectivity index (χ0v) is 9.06. The number of rotatable bonds is 6. The first-order valence-electron chi connectivity index (χ1n) is 3.49. The molecule has 0 amide bonds. The lowest BCUT2D eigenvalue weighted by Crippen LogP contribution is -2.33. The second kappa shape index (κ2) is 4.71. The van der Waals surface area contributed by atoms with E-state index in [1.807, 2.05) is 4.72 Å².